The highest BCUT2D eigenvalue weighted by Gasteiger charge is 2.41. The Hall–Kier alpha value is -1.10. The fraction of sp³-hybridized carbons (Fsp3) is 0.833. The lowest BCUT2D eigenvalue weighted by Crippen LogP contribution is -2.41. The van der Waals surface area contributed by atoms with E-state index in [1.54, 1.807) is 0 Å². The van der Waals surface area contributed by atoms with E-state index in [1.807, 2.05) is 11.8 Å². The topological polar surface area (TPSA) is 69.6 Å². The van der Waals surface area contributed by atoms with Crippen molar-refractivity contribution in [2.24, 2.45) is 5.92 Å². The van der Waals surface area contributed by atoms with Crippen LogP contribution < -0.4 is 5.32 Å². The summed E-state index contributed by atoms with van der Waals surface area (Å²) in [7, 11) is 0. The van der Waals surface area contributed by atoms with Gasteiger partial charge >= 0.3 is 0 Å². The van der Waals surface area contributed by atoms with Crippen LogP contribution in [0, 0.1) is 5.92 Å². The van der Waals surface area contributed by atoms with Crippen molar-refractivity contribution >= 4 is 11.8 Å². The molecule has 17 heavy (non-hydrogen) atoms. The lowest BCUT2D eigenvalue weighted by molar-refractivity contribution is -0.129. The van der Waals surface area contributed by atoms with Gasteiger partial charge in [0.05, 0.1) is 18.6 Å². The van der Waals surface area contributed by atoms with Crippen molar-refractivity contribution in [3.05, 3.63) is 0 Å². The summed E-state index contributed by atoms with van der Waals surface area (Å²) in [6.07, 6.45) is 3.18. The number of aliphatic hydroxyl groups excluding tert-OH is 1. The first kappa shape index (κ1) is 12.4. The Morgan fingerprint density at radius 1 is 1.59 bits per heavy atom. The van der Waals surface area contributed by atoms with E-state index >= 15 is 0 Å². The number of aliphatic hydroxyl groups is 1. The molecular formula is C12H20N2O3. The molecule has 5 nitrogen and oxygen atoms in total. The summed E-state index contributed by atoms with van der Waals surface area (Å²) >= 11 is 0. The molecule has 2 fully saturated rings. The maximum Gasteiger partial charge on any atom is 0.225 e. The minimum Gasteiger partial charge on any atom is -0.394 e. The van der Waals surface area contributed by atoms with Crippen LogP contribution in [-0.4, -0.2) is 47.1 Å². The molecule has 1 saturated heterocycles. The van der Waals surface area contributed by atoms with Crippen molar-refractivity contribution < 1.29 is 14.7 Å². The number of carbonyl (C=O) groups excluding carboxylic acids is 2. The molecule has 1 saturated carbocycles. The molecule has 1 heterocycles. The van der Waals surface area contributed by atoms with Gasteiger partial charge in [-0.25, -0.2) is 0 Å². The fourth-order valence-corrected chi connectivity index (χ4v) is 2.24. The molecule has 0 aromatic heterocycles. The van der Waals surface area contributed by atoms with Gasteiger partial charge in [-0.15, -0.1) is 0 Å². The molecule has 96 valence electrons. The lowest BCUT2D eigenvalue weighted by atomic mass is 10.1. The Bertz CT molecular complexity index is 311. The van der Waals surface area contributed by atoms with Gasteiger partial charge in [-0.05, 0) is 19.3 Å². The first-order valence-corrected chi connectivity index (χ1v) is 6.36. The Labute approximate surface area is 101 Å². The minimum atomic E-state index is -0.233. The van der Waals surface area contributed by atoms with Crippen LogP contribution in [-0.2, 0) is 9.59 Å². The van der Waals surface area contributed by atoms with Crippen molar-refractivity contribution in [2.45, 2.75) is 44.7 Å². The largest absolute Gasteiger partial charge is 0.394 e. The van der Waals surface area contributed by atoms with Gasteiger partial charge in [-0.2, -0.15) is 0 Å². The minimum absolute atomic E-state index is 0.0464. The summed E-state index contributed by atoms with van der Waals surface area (Å²) in [5, 5.41) is 11.8. The van der Waals surface area contributed by atoms with Crippen molar-refractivity contribution in [2.75, 3.05) is 13.2 Å². The van der Waals surface area contributed by atoms with E-state index in [2.05, 4.69) is 5.32 Å². The predicted octanol–water partition coefficient (Wildman–Crippen LogP) is -0.116. The van der Waals surface area contributed by atoms with E-state index in [0.29, 0.717) is 25.4 Å². The van der Waals surface area contributed by atoms with Gasteiger partial charge in [0.25, 0.3) is 0 Å². The first-order valence-electron chi connectivity index (χ1n) is 6.36. The molecule has 2 aliphatic rings. The smallest absolute Gasteiger partial charge is 0.225 e. The molecule has 5 heteroatoms. The first-order chi connectivity index (χ1) is 8.15. The summed E-state index contributed by atoms with van der Waals surface area (Å²) in [4.78, 5) is 25.4. The second-order valence-electron chi connectivity index (χ2n) is 4.97. The van der Waals surface area contributed by atoms with Gasteiger partial charge in [0.2, 0.25) is 11.8 Å². The Balaban J connectivity index is 1.86. The quantitative estimate of drug-likeness (QED) is 0.704. The molecule has 0 aromatic carbocycles. The average Bonchev–Trinajstić information content (AvgIpc) is 3.09. The summed E-state index contributed by atoms with van der Waals surface area (Å²) in [5.74, 6) is -0.226. The molecule has 0 bridgehead atoms. The Kier molecular flexibility index (Phi) is 3.66. The molecule has 2 atom stereocenters. The maximum absolute atomic E-state index is 11.9. The van der Waals surface area contributed by atoms with Gasteiger partial charge in [0, 0.05) is 19.0 Å². The second kappa shape index (κ2) is 5.04. The standard InChI is InChI=1S/C12H20N2O3/c1-2-9(7-15)13-12(17)8-5-11(16)14(6-8)10-3-4-10/h8-10,15H,2-7H2,1H3,(H,13,17)/t8?,9-/m0/s1. The van der Waals surface area contributed by atoms with Crippen molar-refractivity contribution in [1.29, 1.82) is 0 Å². The van der Waals surface area contributed by atoms with Crippen molar-refractivity contribution in [3.63, 3.8) is 0 Å². The van der Waals surface area contributed by atoms with E-state index in [1.165, 1.54) is 0 Å². The van der Waals surface area contributed by atoms with Gasteiger partial charge < -0.3 is 15.3 Å². The molecule has 0 aromatic rings. The molecule has 1 aliphatic carbocycles. The molecule has 0 spiro atoms. The SMILES string of the molecule is CC[C@@H](CO)NC(=O)C1CC(=O)N(C2CC2)C1. The number of hydrogen-bond donors (Lipinski definition) is 2. The molecule has 2 N–H and O–H groups in total. The van der Waals surface area contributed by atoms with Crippen LogP contribution in [0.3, 0.4) is 0 Å². The number of carbonyl (C=O) groups is 2. The average molecular weight is 240 g/mol. The third-order valence-corrected chi connectivity index (χ3v) is 3.58. The number of likely N-dealkylation sites (tertiary alicyclic amines) is 1. The number of rotatable bonds is 5. The Morgan fingerprint density at radius 3 is 2.82 bits per heavy atom. The van der Waals surface area contributed by atoms with Gasteiger partial charge in [0.1, 0.15) is 0 Å². The number of nitrogens with one attached hydrogen (secondary N) is 1. The van der Waals surface area contributed by atoms with Gasteiger partial charge in [0.15, 0.2) is 0 Å². The summed E-state index contributed by atoms with van der Waals surface area (Å²) in [6.45, 7) is 2.42. The molecule has 1 unspecified atom stereocenters. The monoisotopic (exact) mass is 240 g/mol. The van der Waals surface area contributed by atoms with Crippen LogP contribution in [0.15, 0.2) is 0 Å². The fourth-order valence-electron chi connectivity index (χ4n) is 2.24. The van der Waals surface area contributed by atoms with Gasteiger partial charge in [-0.1, -0.05) is 6.92 Å². The summed E-state index contributed by atoms with van der Waals surface area (Å²) < 4.78 is 0. The zero-order valence-electron chi connectivity index (χ0n) is 10.2. The Morgan fingerprint density at radius 2 is 2.29 bits per heavy atom. The number of amides is 2. The van der Waals surface area contributed by atoms with E-state index in [9.17, 15) is 9.59 Å². The van der Waals surface area contributed by atoms with E-state index in [4.69, 9.17) is 5.11 Å². The molecular weight excluding hydrogens is 220 g/mol. The van der Waals surface area contributed by atoms with E-state index < -0.39 is 0 Å². The van der Waals surface area contributed by atoms with Crippen molar-refractivity contribution in [3.8, 4) is 0 Å². The third kappa shape index (κ3) is 2.77. The number of nitrogens with zero attached hydrogens (tertiary/aromatic N) is 1. The van der Waals surface area contributed by atoms with Crippen molar-refractivity contribution in [1.82, 2.24) is 10.2 Å². The molecule has 1 aliphatic heterocycles. The van der Waals surface area contributed by atoms with Crippen LogP contribution in [0.5, 0.6) is 0 Å². The normalized spacial score (nSPS) is 26.1. The highest BCUT2D eigenvalue weighted by molar-refractivity contribution is 5.89. The number of hydrogen-bond acceptors (Lipinski definition) is 3. The third-order valence-electron chi connectivity index (χ3n) is 3.58. The lowest BCUT2D eigenvalue weighted by Gasteiger charge is -2.18. The molecule has 2 rings (SSSR count). The maximum atomic E-state index is 11.9. The summed E-state index contributed by atoms with van der Waals surface area (Å²) in [5.41, 5.74) is 0. The van der Waals surface area contributed by atoms with E-state index in [0.717, 1.165) is 12.8 Å². The zero-order valence-corrected chi connectivity index (χ0v) is 10.2. The highest BCUT2D eigenvalue weighted by atomic mass is 16.3. The van der Waals surface area contributed by atoms with Crippen LogP contribution in [0.4, 0.5) is 0 Å². The van der Waals surface area contributed by atoms with Gasteiger partial charge in [-0.3, -0.25) is 9.59 Å². The zero-order chi connectivity index (χ0) is 12.4. The van der Waals surface area contributed by atoms with Crippen LogP contribution in [0.25, 0.3) is 0 Å². The molecule has 0 radical (unpaired) electrons. The molecule has 2 amide bonds. The van der Waals surface area contributed by atoms with Crippen LogP contribution in [0.1, 0.15) is 32.6 Å². The van der Waals surface area contributed by atoms with Crippen LogP contribution >= 0.6 is 0 Å². The second-order valence-corrected chi connectivity index (χ2v) is 4.97. The van der Waals surface area contributed by atoms with Crippen LogP contribution in [0.2, 0.25) is 0 Å². The predicted molar refractivity (Wildman–Crippen MR) is 62.1 cm³/mol. The summed E-state index contributed by atoms with van der Waals surface area (Å²) in [6, 6.07) is 0.202. The van der Waals surface area contributed by atoms with E-state index in [-0.39, 0.29) is 30.4 Å². The highest BCUT2D eigenvalue weighted by Crippen LogP contribution is 2.32.